The molecule has 3 rings (SSSR count). The summed E-state index contributed by atoms with van der Waals surface area (Å²) in [5, 5.41) is 23.4. The highest BCUT2D eigenvalue weighted by molar-refractivity contribution is 5.96. The van der Waals surface area contributed by atoms with Crippen LogP contribution in [-0.4, -0.2) is 30.8 Å². The van der Waals surface area contributed by atoms with E-state index >= 15 is 0 Å². The molecule has 0 aliphatic rings. The van der Waals surface area contributed by atoms with E-state index in [9.17, 15) is 9.90 Å². The minimum Gasteiger partial charge on any atom is -0.481 e. The van der Waals surface area contributed by atoms with Crippen molar-refractivity contribution in [2.45, 2.75) is 33.2 Å². The summed E-state index contributed by atoms with van der Waals surface area (Å²) in [6.07, 6.45) is 8.52. The van der Waals surface area contributed by atoms with Crippen molar-refractivity contribution in [2.24, 2.45) is 0 Å². The van der Waals surface area contributed by atoms with E-state index in [1.54, 1.807) is 29.3 Å². The second-order valence-corrected chi connectivity index (χ2v) is 6.16. The number of allylic oxidation sites excluding steroid dienone is 1. The highest BCUT2D eigenvalue weighted by Crippen LogP contribution is 2.34. The Bertz CT molecular complexity index is 1080. The summed E-state index contributed by atoms with van der Waals surface area (Å²) in [5.41, 5.74) is 4.81. The minimum atomic E-state index is -0.886. The van der Waals surface area contributed by atoms with Gasteiger partial charge in [0.15, 0.2) is 5.65 Å². The molecule has 7 heteroatoms. The van der Waals surface area contributed by atoms with E-state index in [1.165, 1.54) is 6.08 Å². The van der Waals surface area contributed by atoms with Crippen LogP contribution < -0.4 is 0 Å². The second kappa shape index (κ2) is 7.79. The summed E-state index contributed by atoms with van der Waals surface area (Å²) >= 11 is 0. The van der Waals surface area contributed by atoms with Gasteiger partial charge < -0.3 is 5.11 Å². The first-order valence-electron chi connectivity index (χ1n) is 8.63. The Hall–Kier alpha value is -3.53. The molecule has 0 atom stereocenters. The summed E-state index contributed by atoms with van der Waals surface area (Å²) in [7, 11) is 0. The number of aryl methyl sites for hydroxylation is 2. The van der Waals surface area contributed by atoms with Crippen molar-refractivity contribution in [2.75, 3.05) is 0 Å². The number of rotatable bonds is 6. The predicted octanol–water partition coefficient (Wildman–Crippen LogP) is 3.38. The molecule has 0 aromatic carbocycles. The van der Waals surface area contributed by atoms with Gasteiger partial charge in [-0.3, -0.25) is 9.78 Å². The average Bonchev–Trinajstić information content (AvgIpc) is 3.06. The van der Waals surface area contributed by atoms with Crippen LogP contribution in [0.3, 0.4) is 0 Å². The molecular formula is C20H19N5O2. The summed E-state index contributed by atoms with van der Waals surface area (Å²) in [4.78, 5) is 20.2. The first kappa shape index (κ1) is 18.3. The smallest absolute Gasteiger partial charge is 0.303 e. The van der Waals surface area contributed by atoms with Crippen LogP contribution in [0.25, 0.3) is 28.2 Å². The zero-order valence-electron chi connectivity index (χ0n) is 15.2. The number of hydrogen-bond acceptors (Lipinski definition) is 5. The third-order valence-corrected chi connectivity index (χ3v) is 4.29. The van der Waals surface area contributed by atoms with Gasteiger partial charge in [-0.05, 0) is 43.5 Å². The van der Waals surface area contributed by atoms with Crippen molar-refractivity contribution in [3.05, 3.63) is 47.6 Å². The predicted molar refractivity (Wildman–Crippen MR) is 102 cm³/mol. The number of hydrogen-bond donors (Lipinski definition) is 1. The SMILES string of the molecule is CCn1ncc2c(-c3cncc(C)c3)c(CCC(=O)O)c(/C=C/C#N)nc21. The molecule has 3 heterocycles. The van der Waals surface area contributed by atoms with Crippen molar-refractivity contribution in [3.8, 4) is 17.2 Å². The van der Waals surface area contributed by atoms with Gasteiger partial charge in [-0.2, -0.15) is 10.4 Å². The van der Waals surface area contributed by atoms with E-state index in [-0.39, 0.29) is 6.42 Å². The van der Waals surface area contributed by atoms with E-state index in [0.717, 1.165) is 27.6 Å². The fourth-order valence-electron chi connectivity index (χ4n) is 3.14. The molecule has 0 amide bonds. The van der Waals surface area contributed by atoms with Crippen LogP contribution in [0.4, 0.5) is 0 Å². The number of carboxylic acids is 1. The molecule has 0 fully saturated rings. The van der Waals surface area contributed by atoms with Gasteiger partial charge in [-0.1, -0.05) is 0 Å². The third-order valence-electron chi connectivity index (χ3n) is 4.29. The van der Waals surface area contributed by atoms with Crippen molar-refractivity contribution in [1.82, 2.24) is 19.7 Å². The van der Waals surface area contributed by atoms with Crippen molar-refractivity contribution >= 4 is 23.1 Å². The maximum Gasteiger partial charge on any atom is 0.303 e. The number of nitrogens with zero attached hydrogens (tertiary/aromatic N) is 5. The summed E-state index contributed by atoms with van der Waals surface area (Å²) < 4.78 is 1.78. The van der Waals surface area contributed by atoms with Gasteiger partial charge in [0.25, 0.3) is 0 Å². The maximum atomic E-state index is 11.2. The van der Waals surface area contributed by atoms with Crippen molar-refractivity contribution in [1.29, 1.82) is 5.26 Å². The molecule has 3 aromatic rings. The molecular weight excluding hydrogens is 342 g/mol. The zero-order chi connectivity index (χ0) is 19.4. The first-order chi connectivity index (χ1) is 13.0. The molecule has 0 spiro atoms. The lowest BCUT2D eigenvalue weighted by Gasteiger charge is -2.14. The molecule has 1 N–H and O–H groups in total. The van der Waals surface area contributed by atoms with Crippen LogP contribution in [0.1, 0.15) is 30.2 Å². The van der Waals surface area contributed by atoms with Crippen LogP contribution in [0.15, 0.2) is 30.7 Å². The molecule has 0 aliphatic carbocycles. The fraction of sp³-hybridized carbons (Fsp3) is 0.250. The molecule has 3 aromatic heterocycles. The van der Waals surface area contributed by atoms with E-state index in [2.05, 4.69) is 15.1 Å². The molecule has 136 valence electrons. The fourth-order valence-corrected chi connectivity index (χ4v) is 3.14. The number of pyridine rings is 2. The Balaban J connectivity index is 2.37. The number of carboxylic acid groups (broad SMARTS) is 1. The lowest BCUT2D eigenvalue weighted by molar-refractivity contribution is -0.136. The number of nitriles is 1. The van der Waals surface area contributed by atoms with Gasteiger partial charge in [-0.25, -0.2) is 9.67 Å². The van der Waals surface area contributed by atoms with Gasteiger partial charge in [-0.15, -0.1) is 0 Å². The monoisotopic (exact) mass is 361 g/mol. The normalized spacial score (nSPS) is 11.1. The van der Waals surface area contributed by atoms with Crippen molar-refractivity contribution < 1.29 is 9.90 Å². The van der Waals surface area contributed by atoms with Gasteiger partial charge in [0.2, 0.25) is 0 Å². The molecule has 27 heavy (non-hydrogen) atoms. The van der Waals surface area contributed by atoms with E-state index in [4.69, 9.17) is 5.26 Å². The summed E-state index contributed by atoms with van der Waals surface area (Å²) in [6, 6.07) is 3.98. The number of aromatic nitrogens is 4. The van der Waals surface area contributed by atoms with E-state index < -0.39 is 5.97 Å². The molecule has 0 radical (unpaired) electrons. The van der Waals surface area contributed by atoms with Gasteiger partial charge in [0, 0.05) is 47.9 Å². The van der Waals surface area contributed by atoms with E-state index in [1.807, 2.05) is 26.0 Å². The van der Waals surface area contributed by atoms with Crippen LogP contribution in [0.2, 0.25) is 0 Å². The molecule has 0 unspecified atom stereocenters. The molecule has 7 nitrogen and oxygen atoms in total. The van der Waals surface area contributed by atoms with Crippen molar-refractivity contribution in [3.63, 3.8) is 0 Å². The standard InChI is InChI=1S/C20H19N5O2/c1-3-25-20-16(12-23-25)19(14-9-13(2)10-22-11-14)15(6-7-18(26)27)17(24-20)5-4-8-21/h4-5,9-12H,3,6-7H2,1-2H3,(H,26,27)/b5-4+. The Morgan fingerprint density at radius 2 is 2.19 bits per heavy atom. The Morgan fingerprint density at radius 3 is 2.85 bits per heavy atom. The second-order valence-electron chi connectivity index (χ2n) is 6.16. The summed E-state index contributed by atoms with van der Waals surface area (Å²) in [6.45, 7) is 4.58. The molecule has 0 saturated carbocycles. The average molecular weight is 361 g/mol. The molecule has 0 bridgehead atoms. The number of carbonyl (C=O) groups is 1. The van der Waals surface area contributed by atoms with Crippen LogP contribution >= 0.6 is 0 Å². The Kier molecular flexibility index (Phi) is 5.27. The third kappa shape index (κ3) is 3.70. The highest BCUT2D eigenvalue weighted by Gasteiger charge is 2.19. The van der Waals surface area contributed by atoms with E-state index in [0.29, 0.717) is 24.3 Å². The number of fused-ring (bicyclic) bond motifs is 1. The Labute approximate surface area is 156 Å². The maximum absolute atomic E-state index is 11.2. The lowest BCUT2D eigenvalue weighted by Crippen LogP contribution is -2.05. The van der Waals surface area contributed by atoms with Gasteiger partial charge >= 0.3 is 5.97 Å². The topological polar surface area (TPSA) is 105 Å². The lowest BCUT2D eigenvalue weighted by atomic mass is 9.93. The first-order valence-corrected chi connectivity index (χ1v) is 8.63. The van der Waals surface area contributed by atoms with Crippen LogP contribution in [0, 0.1) is 18.3 Å². The quantitative estimate of drug-likeness (QED) is 0.675. The van der Waals surface area contributed by atoms with Crippen LogP contribution in [-0.2, 0) is 17.8 Å². The summed E-state index contributed by atoms with van der Waals surface area (Å²) in [5.74, 6) is -0.886. The van der Waals surface area contributed by atoms with Gasteiger partial charge in [0.05, 0.1) is 18.0 Å². The van der Waals surface area contributed by atoms with Gasteiger partial charge in [0.1, 0.15) is 0 Å². The largest absolute Gasteiger partial charge is 0.481 e. The zero-order valence-corrected chi connectivity index (χ0v) is 15.2. The highest BCUT2D eigenvalue weighted by atomic mass is 16.4. The molecule has 0 saturated heterocycles. The minimum absolute atomic E-state index is 0.0330. The Morgan fingerprint density at radius 1 is 1.37 bits per heavy atom. The number of aliphatic carboxylic acids is 1. The molecule has 0 aliphatic heterocycles. The van der Waals surface area contributed by atoms with Crippen LogP contribution in [0.5, 0.6) is 0 Å².